The average Bonchev–Trinajstić information content (AvgIpc) is 2.87. The highest BCUT2D eigenvalue weighted by Crippen LogP contribution is 2.53. The molecule has 0 bridgehead atoms. The predicted octanol–water partition coefficient (Wildman–Crippen LogP) is 2.51. The number of nitrogens with two attached hydrogens (primary N) is 1. The van der Waals surface area contributed by atoms with Gasteiger partial charge in [-0.25, -0.2) is 13.6 Å². The van der Waals surface area contributed by atoms with E-state index in [1.165, 1.54) is 7.11 Å². The highest BCUT2D eigenvalue weighted by molar-refractivity contribution is 9.11. The van der Waals surface area contributed by atoms with Gasteiger partial charge in [-0.1, -0.05) is 0 Å². The molecule has 0 amide bonds. The number of esters is 1. The van der Waals surface area contributed by atoms with Crippen LogP contribution in [0.2, 0.25) is 0 Å². The highest BCUT2D eigenvalue weighted by atomic mass is 79.9. The Morgan fingerprint density at radius 3 is 2.84 bits per heavy atom. The van der Waals surface area contributed by atoms with Crippen LogP contribution in [0.3, 0.4) is 0 Å². The molecule has 5 nitrogen and oxygen atoms in total. The van der Waals surface area contributed by atoms with Crippen molar-refractivity contribution >= 4 is 38.9 Å². The van der Waals surface area contributed by atoms with Gasteiger partial charge in [-0.15, -0.1) is 11.3 Å². The van der Waals surface area contributed by atoms with Gasteiger partial charge in [0.1, 0.15) is 4.88 Å². The van der Waals surface area contributed by atoms with E-state index < -0.39 is 18.4 Å². The van der Waals surface area contributed by atoms with Gasteiger partial charge in [0.15, 0.2) is 0 Å². The Labute approximate surface area is 156 Å². The van der Waals surface area contributed by atoms with Gasteiger partial charge < -0.3 is 20.1 Å². The normalized spacial score (nSPS) is 30.6. The Kier molecular flexibility index (Phi) is 4.33. The molecule has 1 saturated heterocycles. The maximum absolute atomic E-state index is 14.3. The van der Waals surface area contributed by atoms with Crippen molar-refractivity contribution < 1.29 is 23.0 Å². The topological polar surface area (TPSA) is 64.8 Å². The van der Waals surface area contributed by atoms with E-state index in [1.807, 2.05) is 0 Å². The van der Waals surface area contributed by atoms with Crippen LogP contribution < -0.4 is 10.6 Å². The Bertz CT molecular complexity index is 704. The van der Waals surface area contributed by atoms with E-state index in [1.54, 1.807) is 4.90 Å². The minimum absolute atomic E-state index is 0.218. The third-order valence-electron chi connectivity index (χ3n) is 5.42. The number of thiophene rings is 1. The van der Waals surface area contributed by atoms with Crippen molar-refractivity contribution in [2.24, 2.45) is 23.5 Å². The van der Waals surface area contributed by atoms with Gasteiger partial charge in [-0.3, -0.25) is 0 Å². The molecule has 2 N–H and O–H groups in total. The molecule has 4 rings (SSSR count). The van der Waals surface area contributed by atoms with Crippen molar-refractivity contribution in [3.05, 3.63) is 14.2 Å². The zero-order chi connectivity index (χ0) is 17.9. The van der Waals surface area contributed by atoms with Gasteiger partial charge in [0, 0.05) is 24.6 Å². The van der Waals surface area contributed by atoms with Crippen molar-refractivity contribution in [2.45, 2.75) is 18.4 Å². The van der Waals surface area contributed by atoms with Crippen molar-refractivity contribution in [3.63, 3.8) is 0 Å². The number of anilines is 1. The van der Waals surface area contributed by atoms with Crippen LogP contribution in [0.1, 0.15) is 15.2 Å². The van der Waals surface area contributed by atoms with E-state index in [2.05, 4.69) is 15.9 Å². The van der Waals surface area contributed by atoms with E-state index in [0.717, 1.165) is 11.3 Å². The second-order valence-corrected chi connectivity index (χ2v) is 9.38. The summed E-state index contributed by atoms with van der Waals surface area (Å²) in [5, 5.41) is 0. The summed E-state index contributed by atoms with van der Waals surface area (Å²) >= 11 is 4.47. The lowest BCUT2D eigenvalue weighted by molar-refractivity contribution is 0.00475. The summed E-state index contributed by atoms with van der Waals surface area (Å²) < 4.78 is 39.3. The number of methoxy groups -OCH3 is 1. The molecule has 0 spiro atoms. The Hall–Kier alpha value is -0.770. The number of halogens is 3. The molecule has 2 fully saturated rings. The van der Waals surface area contributed by atoms with Gasteiger partial charge >= 0.3 is 5.97 Å². The minimum atomic E-state index is -2.85. The van der Waals surface area contributed by atoms with E-state index in [9.17, 15) is 13.6 Å². The van der Waals surface area contributed by atoms with E-state index in [-0.39, 0.29) is 12.5 Å². The molecule has 25 heavy (non-hydrogen) atoms. The number of rotatable bonds is 4. The van der Waals surface area contributed by atoms with E-state index in [0.29, 0.717) is 57.4 Å². The largest absolute Gasteiger partial charge is 0.465 e. The van der Waals surface area contributed by atoms with Crippen molar-refractivity contribution in [1.29, 1.82) is 0 Å². The lowest BCUT2D eigenvalue weighted by atomic mass is 9.99. The quantitative estimate of drug-likeness (QED) is 0.734. The zero-order valence-electron chi connectivity index (χ0n) is 13.6. The van der Waals surface area contributed by atoms with Crippen LogP contribution in [0.5, 0.6) is 0 Å². The van der Waals surface area contributed by atoms with Gasteiger partial charge in [0.2, 0.25) is 0 Å². The highest BCUT2D eigenvalue weighted by Gasteiger charge is 2.57. The number of nitrogens with zero attached hydrogens (tertiary/aromatic N) is 1. The lowest BCUT2D eigenvalue weighted by Crippen LogP contribution is -2.49. The molecule has 0 aromatic carbocycles. The number of hydrogen-bond donors (Lipinski definition) is 1. The number of alkyl halides is 2. The molecule has 2 aliphatic heterocycles. The first-order valence-electron chi connectivity index (χ1n) is 8.18. The first kappa shape index (κ1) is 17.6. The molecule has 2 unspecified atom stereocenters. The molecule has 138 valence electrons. The van der Waals surface area contributed by atoms with Crippen LogP contribution in [0, 0.1) is 17.8 Å². The fraction of sp³-hybridized carbons (Fsp3) is 0.688. The third-order valence-corrected chi connectivity index (χ3v) is 7.37. The van der Waals surface area contributed by atoms with Crippen molar-refractivity contribution in [3.8, 4) is 0 Å². The Morgan fingerprint density at radius 1 is 1.52 bits per heavy atom. The summed E-state index contributed by atoms with van der Waals surface area (Å²) in [6.45, 7) is 1.29. The molecular formula is C16H19BrF2N2O3S. The standard InChI is InChI=1S/C16H19BrF2N2O3S/c1-23-15(22)13-12-7(14(17)25-13)2-16(18,19)6-21(12)3-10(20)11-8-4-24-5-9(8)11/h8-11H,2-6,20H2,1H3/t8-,9+,10?,11?. The van der Waals surface area contributed by atoms with E-state index >= 15 is 0 Å². The number of carbonyl (C=O) groups excluding carboxylic acids is 1. The summed E-state index contributed by atoms with van der Waals surface area (Å²) in [6.07, 6.45) is -0.384. The summed E-state index contributed by atoms with van der Waals surface area (Å²) in [7, 11) is 1.29. The molecule has 1 aliphatic carbocycles. The fourth-order valence-electron chi connectivity index (χ4n) is 4.27. The van der Waals surface area contributed by atoms with Gasteiger partial charge in [-0.05, 0) is 33.7 Å². The molecule has 1 aromatic heterocycles. The smallest absolute Gasteiger partial charge is 0.350 e. The fourth-order valence-corrected chi connectivity index (χ4v) is 6.07. The van der Waals surface area contributed by atoms with Gasteiger partial charge in [0.25, 0.3) is 5.92 Å². The second kappa shape index (κ2) is 6.14. The van der Waals surface area contributed by atoms with Crippen LogP contribution in [0.4, 0.5) is 14.5 Å². The second-order valence-electron chi connectivity index (χ2n) is 7.04. The first-order valence-corrected chi connectivity index (χ1v) is 9.79. The van der Waals surface area contributed by atoms with Crippen molar-refractivity contribution in [1.82, 2.24) is 0 Å². The van der Waals surface area contributed by atoms with Crippen molar-refractivity contribution in [2.75, 3.05) is 38.3 Å². The molecule has 3 aliphatic rings. The van der Waals surface area contributed by atoms with Gasteiger partial charge in [0.05, 0.1) is 36.3 Å². The monoisotopic (exact) mass is 436 g/mol. The summed E-state index contributed by atoms with van der Waals surface area (Å²) in [6, 6.07) is -0.218. The van der Waals surface area contributed by atoms with Crippen LogP contribution in [-0.2, 0) is 15.9 Å². The van der Waals surface area contributed by atoms with Gasteiger partial charge in [-0.2, -0.15) is 0 Å². The molecule has 1 aromatic rings. The number of ether oxygens (including phenoxy) is 2. The third kappa shape index (κ3) is 2.98. The maximum atomic E-state index is 14.3. The minimum Gasteiger partial charge on any atom is -0.465 e. The van der Waals surface area contributed by atoms with E-state index in [4.69, 9.17) is 15.2 Å². The van der Waals surface area contributed by atoms with Crippen LogP contribution in [0.15, 0.2) is 3.79 Å². The average molecular weight is 437 g/mol. The SMILES string of the molecule is COC(=O)c1sc(Br)c2c1N(CC(N)C1[C@H]3COC[C@@H]13)CC(F)(F)C2. The Morgan fingerprint density at radius 2 is 2.20 bits per heavy atom. The Balaban J connectivity index is 1.62. The maximum Gasteiger partial charge on any atom is 0.350 e. The van der Waals surface area contributed by atoms with Crippen LogP contribution in [0.25, 0.3) is 0 Å². The molecule has 9 heteroatoms. The molecule has 3 heterocycles. The lowest BCUT2D eigenvalue weighted by Gasteiger charge is -2.36. The number of carbonyl (C=O) groups is 1. The zero-order valence-corrected chi connectivity index (χ0v) is 16.0. The predicted molar refractivity (Wildman–Crippen MR) is 93.5 cm³/mol. The molecule has 0 radical (unpaired) electrons. The summed E-state index contributed by atoms with van der Waals surface area (Å²) in [4.78, 5) is 14.0. The number of hydrogen-bond acceptors (Lipinski definition) is 6. The summed E-state index contributed by atoms with van der Waals surface area (Å²) in [5.74, 6) is -2.14. The number of fused-ring (bicyclic) bond motifs is 2. The molecule has 4 atom stereocenters. The van der Waals surface area contributed by atoms with Crippen LogP contribution >= 0.6 is 27.3 Å². The summed E-state index contributed by atoms with van der Waals surface area (Å²) in [5.41, 5.74) is 7.36. The van der Waals surface area contributed by atoms with Crippen LogP contribution in [-0.4, -0.2) is 51.3 Å². The molecule has 1 saturated carbocycles. The molecular weight excluding hydrogens is 418 g/mol. The first-order chi connectivity index (χ1) is 11.8.